The molecular weight excluding hydrogens is 198 g/mol. The number of carbonyl (C=O) groups is 3. The van der Waals surface area contributed by atoms with Gasteiger partial charge in [0.15, 0.2) is 0 Å². The molecule has 1 aromatic rings. The van der Waals surface area contributed by atoms with Gasteiger partial charge in [0.05, 0.1) is 5.56 Å². The van der Waals surface area contributed by atoms with E-state index in [1.54, 1.807) is 6.07 Å². The lowest BCUT2D eigenvalue weighted by Gasteiger charge is -2.09. The van der Waals surface area contributed by atoms with Crippen molar-refractivity contribution in [2.45, 2.75) is 0 Å². The standard InChI is InChI=1S/C9H7N3O3/c10-6(13)4-12-8(14)5-2-1-3-11-7(5)9(12)15/h1-3H,4H2,(H2,10,13). The minimum Gasteiger partial charge on any atom is -0.368 e. The Balaban J connectivity index is 2.41. The zero-order valence-electron chi connectivity index (χ0n) is 7.64. The number of imide groups is 1. The first-order chi connectivity index (χ1) is 7.11. The molecule has 3 amide bonds. The van der Waals surface area contributed by atoms with Gasteiger partial charge in [-0.05, 0) is 12.1 Å². The molecule has 1 aromatic heterocycles. The third-order valence-electron chi connectivity index (χ3n) is 2.04. The van der Waals surface area contributed by atoms with Crippen LogP contribution in [0.1, 0.15) is 20.8 Å². The lowest BCUT2D eigenvalue weighted by molar-refractivity contribution is -0.118. The van der Waals surface area contributed by atoms with E-state index >= 15 is 0 Å². The van der Waals surface area contributed by atoms with Crippen LogP contribution in [0, 0.1) is 0 Å². The van der Waals surface area contributed by atoms with Gasteiger partial charge in [-0.3, -0.25) is 24.3 Å². The quantitative estimate of drug-likeness (QED) is 0.637. The molecule has 0 fully saturated rings. The van der Waals surface area contributed by atoms with Crippen LogP contribution in [0.25, 0.3) is 0 Å². The molecule has 76 valence electrons. The minimum absolute atomic E-state index is 0.0729. The van der Waals surface area contributed by atoms with E-state index in [2.05, 4.69) is 4.98 Å². The van der Waals surface area contributed by atoms with Crippen LogP contribution in [0.3, 0.4) is 0 Å². The van der Waals surface area contributed by atoms with Crippen molar-refractivity contribution in [3.63, 3.8) is 0 Å². The second-order valence-electron chi connectivity index (χ2n) is 3.06. The number of nitrogens with two attached hydrogens (primary N) is 1. The SMILES string of the molecule is NC(=O)CN1C(=O)c2cccnc2C1=O. The van der Waals surface area contributed by atoms with Crippen molar-refractivity contribution in [3.05, 3.63) is 29.6 Å². The first-order valence-electron chi connectivity index (χ1n) is 4.21. The van der Waals surface area contributed by atoms with E-state index in [0.29, 0.717) is 0 Å². The number of rotatable bonds is 2. The van der Waals surface area contributed by atoms with E-state index in [4.69, 9.17) is 5.73 Å². The van der Waals surface area contributed by atoms with Gasteiger partial charge in [-0.25, -0.2) is 0 Å². The maximum Gasteiger partial charge on any atom is 0.280 e. The van der Waals surface area contributed by atoms with E-state index in [9.17, 15) is 14.4 Å². The monoisotopic (exact) mass is 205 g/mol. The molecule has 0 saturated carbocycles. The number of hydrogen-bond acceptors (Lipinski definition) is 4. The summed E-state index contributed by atoms with van der Waals surface area (Å²) in [5, 5.41) is 0. The Morgan fingerprint density at radius 1 is 1.40 bits per heavy atom. The van der Waals surface area contributed by atoms with Crippen LogP contribution in [-0.2, 0) is 4.79 Å². The molecule has 0 radical (unpaired) electrons. The van der Waals surface area contributed by atoms with Gasteiger partial charge in [-0.1, -0.05) is 0 Å². The maximum atomic E-state index is 11.6. The number of hydrogen-bond donors (Lipinski definition) is 1. The zero-order valence-corrected chi connectivity index (χ0v) is 7.64. The maximum absolute atomic E-state index is 11.6. The molecule has 0 aliphatic carbocycles. The van der Waals surface area contributed by atoms with Crippen LogP contribution in [0.4, 0.5) is 0 Å². The van der Waals surface area contributed by atoms with Crippen molar-refractivity contribution in [1.29, 1.82) is 0 Å². The summed E-state index contributed by atoms with van der Waals surface area (Å²) in [5.41, 5.74) is 5.21. The highest BCUT2D eigenvalue weighted by molar-refractivity contribution is 6.21. The van der Waals surface area contributed by atoms with Gasteiger partial charge in [0, 0.05) is 6.20 Å². The number of carbonyl (C=O) groups excluding carboxylic acids is 3. The van der Waals surface area contributed by atoms with Gasteiger partial charge < -0.3 is 5.73 Å². The fourth-order valence-corrected chi connectivity index (χ4v) is 1.41. The molecule has 1 aliphatic heterocycles. The molecule has 0 saturated heterocycles. The Kier molecular flexibility index (Phi) is 1.96. The number of aromatic nitrogens is 1. The van der Waals surface area contributed by atoms with Crippen molar-refractivity contribution in [2.75, 3.05) is 6.54 Å². The molecular formula is C9H7N3O3. The van der Waals surface area contributed by atoms with Crippen LogP contribution in [-0.4, -0.2) is 34.2 Å². The van der Waals surface area contributed by atoms with Crippen LogP contribution in [0.5, 0.6) is 0 Å². The van der Waals surface area contributed by atoms with Crippen molar-refractivity contribution >= 4 is 17.7 Å². The van der Waals surface area contributed by atoms with Gasteiger partial charge >= 0.3 is 0 Å². The van der Waals surface area contributed by atoms with Crippen LogP contribution in [0.2, 0.25) is 0 Å². The summed E-state index contributed by atoms with van der Waals surface area (Å²) in [6, 6.07) is 3.04. The molecule has 0 unspecified atom stereocenters. The van der Waals surface area contributed by atoms with Gasteiger partial charge in [0.2, 0.25) is 5.91 Å². The molecule has 15 heavy (non-hydrogen) atoms. The average Bonchev–Trinajstić information content (AvgIpc) is 2.44. The van der Waals surface area contributed by atoms with Crippen LogP contribution >= 0.6 is 0 Å². The summed E-state index contributed by atoms with van der Waals surface area (Å²) in [4.78, 5) is 38.4. The molecule has 2 rings (SSSR count). The topological polar surface area (TPSA) is 93.4 Å². The molecule has 1 aliphatic rings. The smallest absolute Gasteiger partial charge is 0.280 e. The predicted octanol–water partition coefficient (Wildman–Crippen LogP) is -0.837. The lowest BCUT2D eigenvalue weighted by Crippen LogP contribution is -2.37. The summed E-state index contributed by atoms with van der Waals surface area (Å²) >= 11 is 0. The number of primary amides is 1. The summed E-state index contributed by atoms with van der Waals surface area (Å²) in [6.45, 7) is -0.409. The van der Waals surface area contributed by atoms with Crippen LogP contribution < -0.4 is 5.73 Å². The normalized spacial score (nSPS) is 14.3. The van der Waals surface area contributed by atoms with Crippen LogP contribution in [0.15, 0.2) is 18.3 Å². The predicted molar refractivity (Wildman–Crippen MR) is 48.8 cm³/mol. The third-order valence-corrected chi connectivity index (χ3v) is 2.04. The molecule has 6 nitrogen and oxygen atoms in total. The van der Waals surface area contributed by atoms with E-state index in [-0.39, 0.29) is 11.3 Å². The summed E-state index contributed by atoms with van der Waals surface area (Å²) in [7, 11) is 0. The number of amides is 3. The number of nitrogens with zero attached hydrogens (tertiary/aromatic N) is 2. The zero-order chi connectivity index (χ0) is 11.0. The molecule has 2 N–H and O–H groups in total. The van der Waals surface area contributed by atoms with Crippen molar-refractivity contribution in [2.24, 2.45) is 5.73 Å². The average molecular weight is 205 g/mol. The molecule has 2 heterocycles. The molecule has 0 aromatic carbocycles. The van der Waals surface area contributed by atoms with Crippen molar-refractivity contribution in [3.8, 4) is 0 Å². The fourth-order valence-electron chi connectivity index (χ4n) is 1.41. The Labute approximate surface area is 84.7 Å². The van der Waals surface area contributed by atoms with Crippen molar-refractivity contribution < 1.29 is 14.4 Å². The second kappa shape index (κ2) is 3.16. The highest BCUT2D eigenvalue weighted by Gasteiger charge is 2.37. The number of pyridine rings is 1. The Bertz CT molecular complexity index is 434. The number of fused-ring (bicyclic) bond motifs is 1. The Morgan fingerprint density at radius 3 is 2.73 bits per heavy atom. The molecule has 0 atom stereocenters. The van der Waals surface area contributed by atoms with E-state index in [1.165, 1.54) is 12.3 Å². The minimum atomic E-state index is -0.732. The molecule has 6 heteroatoms. The van der Waals surface area contributed by atoms with E-state index in [1.807, 2.05) is 0 Å². The Morgan fingerprint density at radius 2 is 2.13 bits per heavy atom. The first-order valence-corrected chi connectivity index (χ1v) is 4.21. The summed E-state index contributed by atoms with van der Waals surface area (Å²) in [6.07, 6.45) is 1.41. The van der Waals surface area contributed by atoms with Gasteiger partial charge in [0.1, 0.15) is 12.2 Å². The van der Waals surface area contributed by atoms with Crippen molar-refractivity contribution in [1.82, 2.24) is 9.88 Å². The summed E-state index contributed by atoms with van der Waals surface area (Å²) in [5.74, 6) is -1.83. The molecule has 0 spiro atoms. The van der Waals surface area contributed by atoms with Gasteiger partial charge in [-0.15, -0.1) is 0 Å². The van der Waals surface area contributed by atoms with Gasteiger partial charge in [0.25, 0.3) is 11.8 Å². The Hall–Kier alpha value is -2.24. The molecule has 0 bridgehead atoms. The third kappa shape index (κ3) is 1.35. The first kappa shape index (κ1) is 9.32. The van der Waals surface area contributed by atoms with E-state index in [0.717, 1.165) is 4.90 Å². The fraction of sp³-hybridized carbons (Fsp3) is 0.111. The lowest BCUT2D eigenvalue weighted by atomic mass is 10.2. The second-order valence-corrected chi connectivity index (χ2v) is 3.06. The largest absolute Gasteiger partial charge is 0.368 e. The van der Waals surface area contributed by atoms with Gasteiger partial charge in [-0.2, -0.15) is 0 Å². The summed E-state index contributed by atoms with van der Waals surface area (Å²) < 4.78 is 0. The van der Waals surface area contributed by atoms with E-state index < -0.39 is 24.3 Å². The highest BCUT2D eigenvalue weighted by atomic mass is 16.2. The highest BCUT2D eigenvalue weighted by Crippen LogP contribution is 2.19.